The fourth-order valence-electron chi connectivity index (χ4n) is 3.11. The Morgan fingerprint density at radius 2 is 2.13 bits per heavy atom. The minimum absolute atomic E-state index is 0.0920. The van der Waals surface area contributed by atoms with Gasteiger partial charge in [-0.05, 0) is 43.9 Å². The third-order valence-electron chi connectivity index (χ3n) is 4.46. The highest BCUT2D eigenvalue weighted by Crippen LogP contribution is 2.32. The summed E-state index contributed by atoms with van der Waals surface area (Å²) in [5.41, 5.74) is 6.76. The zero-order valence-electron chi connectivity index (χ0n) is 13.2. The van der Waals surface area contributed by atoms with Crippen LogP contribution in [0.15, 0.2) is 24.3 Å². The van der Waals surface area contributed by atoms with Crippen LogP contribution in [0, 0.1) is 5.92 Å². The van der Waals surface area contributed by atoms with Gasteiger partial charge in [0, 0.05) is 17.6 Å². The van der Waals surface area contributed by atoms with Gasteiger partial charge < -0.3 is 11.1 Å². The van der Waals surface area contributed by atoms with Gasteiger partial charge in [-0.2, -0.15) is 13.2 Å². The molecule has 1 aliphatic carbocycles. The Bertz CT molecular complexity index is 555. The lowest BCUT2D eigenvalue weighted by molar-refractivity contribution is -0.134. The molecular formula is C17H23F3N2O. The number of carbonyl (C=O) groups is 1. The molecule has 0 heterocycles. The quantitative estimate of drug-likeness (QED) is 0.877. The molecule has 3 nitrogen and oxygen atoms in total. The molecule has 1 aromatic rings. The van der Waals surface area contributed by atoms with Gasteiger partial charge in [0.2, 0.25) is 5.91 Å². The first-order chi connectivity index (χ1) is 10.7. The summed E-state index contributed by atoms with van der Waals surface area (Å²) in [4.78, 5) is 12.4. The Hall–Kier alpha value is -1.56. The number of halogens is 3. The van der Waals surface area contributed by atoms with Gasteiger partial charge >= 0.3 is 6.18 Å². The normalized spacial score (nSPS) is 25.2. The Morgan fingerprint density at radius 3 is 2.78 bits per heavy atom. The molecule has 0 bridgehead atoms. The first-order valence-corrected chi connectivity index (χ1v) is 7.93. The van der Waals surface area contributed by atoms with Crippen LogP contribution in [-0.2, 0) is 11.2 Å². The van der Waals surface area contributed by atoms with E-state index < -0.39 is 18.1 Å². The second kappa shape index (κ2) is 6.91. The summed E-state index contributed by atoms with van der Waals surface area (Å²) in [5, 5.41) is 2.80. The van der Waals surface area contributed by atoms with Gasteiger partial charge in [-0.25, -0.2) is 0 Å². The fourth-order valence-corrected chi connectivity index (χ4v) is 3.11. The highest BCUT2D eigenvalue weighted by molar-refractivity contribution is 5.93. The Morgan fingerprint density at radius 1 is 1.39 bits per heavy atom. The van der Waals surface area contributed by atoms with E-state index >= 15 is 0 Å². The van der Waals surface area contributed by atoms with Gasteiger partial charge in [0.1, 0.15) is 0 Å². The molecule has 0 aliphatic heterocycles. The minimum atomic E-state index is -4.18. The predicted octanol–water partition coefficient (Wildman–Crippen LogP) is 4.03. The maximum absolute atomic E-state index is 12.4. The molecule has 1 aromatic carbocycles. The molecule has 1 saturated carbocycles. The van der Waals surface area contributed by atoms with Crippen LogP contribution in [0.4, 0.5) is 18.9 Å². The van der Waals surface area contributed by atoms with E-state index in [4.69, 9.17) is 5.73 Å². The van der Waals surface area contributed by atoms with E-state index in [1.807, 2.05) is 6.92 Å². The molecule has 0 spiro atoms. The molecule has 6 heteroatoms. The Balaban J connectivity index is 2.01. The largest absolute Gasteiger partial charge is 0.389 e. The van der Waals surface area contributed by atoms with E-state index in [0.29, 0.717) is 11.3 Å². The number of rotatable bonds is 4. The average Bonchev–Trinajstić information content (AvgIpc) is 2.44. The number of benzene rings is 1. The zero-order chi connectivity index (χ0) is 17.1. The lowest BCUT2D eigenvalue weighted by Crippen LogP contribution is -2.51. The molecule has 2 unspecified atom stereocenters. The van der Waals surface area contributed by atoms with Gasteiger partial charge in [0.15, 0.2) is 0 Å². The molecule has 128 valence electrons. The summed E-state index contributed by atoms with van der Waals surface area (Å²) in [6.07, 6.45) is -1.61. The van der Waals surface area contributed by atoms with E-state index in [1.54, 1.807) is 24.3 Å². The van der Waals surface area contributed by atoms with Gasteiger partial charge in [-0.1, -0.05) is 25.0 Å². The van der Waals surface area contributed by atoms with E-state index in [1.165, 1.54) is 0 Å². The summed E-state index contributed by atoms with van der Waals surface area (Å²) >= 11 is 0. The van der Waals surface area contributed by atoms with Crippen LogP contribution in [-0.4, -0.2) is 17.6 Å². The zero-order valence-corrected chi connectivity index (χ0v) is 13.2. The monoisotopic (exact) mass is 328 g/mol. The maximum Gasteiger partial charge on any atom is 0.389 e. The van der Waals surface area contributed by atoms with Crippen molar-refractivity contribution < 1.29 is 18.0 Å². The molecule has 2 rings (SSSR count). The second-order valence-corrected chi connectivity index (χ2v) is 6.61. The summed E-state index contributed by atoms with van der Waals surface area (Å²) < 4.78 is 36.9. The van der Waals surface area contributed by atoms with Crippen LogP contribution < -0.4 is 11.1 Å². The first-order valence-electron chi connectivity index (χ1n) is 7.93. The first kappa shape index (κ1) is 17.8. The lowest BCUT2D eigenvalue weighted by atomic mass is 9.74. The van der Waals surface area contributed by atoms with Crippen molar-refractivity contribution in [1.82, 2.24) is 0 Å². The van der Waals surface area contributed by atoms with Gasteiger partial charge in [0.05, 0.1) is 5.92 Å². The Kier molecular flexibility index (Phi) is 5.34. The van der Waals surface area contributed by atoms with Gasteiger partial charge in [0.25, 0.3) is 0 Å². The van der Waals surface area contributed by atoms with Crippen LogP contribution in [0.1, 0.15) is 44.6 Å². The third-order valence-corrected chi connectivity index (χ3v) is 4.46. The maximum atomic E-state index is 12.4. The molecule has 0 radical (unpaired) electrons. The molecular weight excluding hydrogens is 305 g/mol. The van der Waals surface area contributed by atoms with Gasteiger partial charge in [-0.15, -0.1) is 0 Å². The molecule has 3 N–H and O–H groups in total. The fraction of sp³-hybridized carbons (Fsp3) is 0.588. The molecule has 0 saturated heterocycles. The van der Waals surface area contributed by atoms with Crippen molar-refractivity contribution in [3.8, 4) is 0 Å². The van der Waals surface area contributed by atoms with E-state index in [0.717, 1.165) is 25.7 Å². The number of aryl methyl sites for hydroxylation is 1. The van der Waals surface area contributed by atoms with E-state index in [-0.39, 0.29) is 18.2 Å². The Labute approximate surface area is 134 Å². The van der Waals surface area contributed by atoms with Gasteiger partial charge in [-0.3, -0.25) is 4.79 Å². The summed E-state index contributed by atoms with van der Waals surface area (Å²) in [5.74, 6) is -0.419. The van der Waals surface area contributed by atoms with Crippen LogP contribution >= 0.6 is 0 Å². The average molecular weight is 328 g/mol. The number of hydrogen-bond donors (Lipinski definition) is 2. The van der Waals surface area contributed by atoms with E-state index in [9.17, 15) is 18.0 Å². The van der Waals surface area contributed by atoms with E-state index in [2.05, 4.69) is 5.32 Å². The third kappa shape index (κ3) is 5.23. The number of anilines is 1. The highest BCUT2D eigenvalue weighted by Gasteiger charge is 2.37. The molecule has 2 atom stereocenters. The predicted molar refractivity (Wildman–Crippen MR) is 84.0 cm³/mol. The minimum Gasteiger partial charge on any atom is -0.326 e. The van der Waals surface area contributed by atoms with Crippen molar-refractivity contribution in [1.29, 1.82) is 0 Å². The molecule has 1 aliphatic rings. The molecule has 0 aromatic heterocycles. The summed E-state index contributed by atoms with van der Waals surface area (Å²) in [7, 11) is 0. The smallest absolute Gasteiger partial charge is 0.326 e. The summed E-state index contributed by atoms with van der Waals surface area (Å²) in [6.45, 7) is 1.89. The van der Waals surface area contributed by atoms with Crippen LogP contribution in [0.3, 0.4) is 0 Å². The number of carbonyl (C=O) groups excluding carboxylic acids is 1. The number of hydrogen-bond acceptors (Lipinski definition) is 2. The molecule has 1 fully saturated rings. The second-order valence-electron chi connectivity index (χ2n) is 6.61. The van der Waals surface area contributed by atoms with Crippen molar-refractivity contribution in [2.24, 2.45) is 11.7 Å². The number of nitrogens with one attached hydrogen (secondary N) is 1. The lowest BCUT2D eigenvalue weighted by Gasteiger charge is -2.37. The number of amides is 1. The number of alkyl halides is 3. The van der Waals surface area contributed by atoms with Crippen molar-refractivity contribution in [3.63, 3.8) is 0 Å². The standard InChI is InChI=1S/C17H23F3N2O/c1-16(21)9-3-2-7-14(16)15(23)22-13-6-4-5-12(11-13)8-10-17(18,19)20/h4-6,11,14H,2-3,7-10,21H2,1H3,(H,22,23). The topological polar surface area (TPSA) is 55.1 Å². The van der Waals surface area contributed by atoms with Crippen LogP contribution in [0.5, 0.6) is 0 Å². The highest BCUT2D eigenvalue weighted by atomic mass is 19.4. The van der Waals surface area contributed by atoms with Crippen molar-refractivity contribution in [3.05, 3.63) is 29.8 Å². The van der Waals surface area contributed by atoms with Crippen molar-refractivity contribution >= 4 is 11.6 Å². The number of nitrogens with two attached hydrogens (primary N) is 1. The van der Waals surface area contributed by atoms with Crippen LogP contribution in [0.25, 0.3) is 0 Å². The SMILES string of the molecule is CC1(N)CCCCC1C(=O)Nc1cccc(CCC(F)(F)F)c1. The van der Waals surface area contributed by atoms with Crippen molar-refractivity contribution in [2.75, 3.05) is 5.32 Å². The van der Waals surface area contributed by atoms with Crippen LogP contribution in [0.2, 0.25) is 0 Å². The summed E-state index contributed by atoms with van der Waals surface area (Å²) in [6, 6.07) is 6.57. The van der Waals surface area contributed by atoms with Crippen molar-refractivity contribution in [2.45, 2.75) is 57.2 Å². The molecule has 1 amide bonds. The molecule has 23 heavy (non-hydrogen) atoms.